The number of hydrogen-bond acceptors (Lipinski definition) is 2. The molecule has 2 bridgehead atoms. The molecule has 0 aromatic rings. The fourth-order valence-corrected chi connectivity index (χ4v) is 3.50. The molecule has 2 saturated heterocycles. The van der Waals surface area contributed by atoms with Crippen LogP contribution in [-0.4, -0.2) is 28.3 Å². The molecule has 2 aliphatic heterocycles. The van der Waals surface area contributed by atoms with E-state index in [2.05, 4.69) is 11.8 Å². The minimum atomic E-state index is 0.483. The number of Topliss-reactive ketones (excluding diaryl/α,β-unsaturated/α-hetero) is 1. The Labute approximate surface area is 85.7 Å². The first-order chi connectivity index (χ1) is 6.69. The summed E-state index contributed by atoms with van der Waals surface area (Å²) in [5.41, 5.74) is 0.483. The molecule has 2 nitrogen and oxygen atoms in total. The molecule has 3 fully saturated rings. The van der Waals surface area contributed by atoms with Crippen molar-refractivity contribution >= 4 is 5.78 Å². The molecule has 0 spiro atoms. The summed E-state index contributed by atoms with van der Waals surface area (Å²) < 4.78 is 0. The van der Waals surface area contributed by atoms with Crippen LogP contribution >= 0.6 is 0 Å². The Morgan fingerprint density at radius 1 is 1.21 bits per heavy atom. The third-order valence-corrected chi connectivity index (χ3v) is 4.39. The molecule has 2 heterocycles. The summed E-state index contributed by atoms with van der Waals surface area (Å²) in [6, 6.07) is 1.20. The van der Waals surface area contributed by atoms with Crippen molar-refractivity contribution in [3.63, 3.8) is 0 Å². The van der Waals surface area contributed by atoms with Gasteiger partial charge in [0.1, 0.15) is 5.78 Å². The highest BCUT2D eigenvalue weighted by atomic mass is 16.1. The van der Waals surface area contributed by atoms with Crippen molar-refractivity contribution in [2.75, 3.05) is 0 Å². The molecular formula is C12H19NO. The summed E-state index contributed by atoms with van der Waals surface area (Å²) in [4.78, 5) is 14.2. The Bertz CT molecular complexity index is 253. The van der Waals surface area contributed by atoms with Gasteiger partial charge in [-0.1, -0.05) is 6.42 Å². The molecule has 2 heteroatoms. The van der Waals surface area contributed by atoms with E-state index in [1.54, 1.807) is 0 Å². The second kappa shape index (κ2) is 2.82. The van der Waals surface area contributed by atoms with Crippen LogP contribution in [0, 0.1) is 0 Å². The predicted molar refractivity (Wildman–Crippen MR) is 55.1 cm³/mol. The molecule has 0 aromatic carbocycles. The van der Waals surface area contributed by atoms with Crippen LogP contribution in [0.5, 0.6) is 0 Å². The van der Waals surface area contributed by atoms with Crippen LogP contribution in [0.2, 0.25) is 0 Å². The molecule has 0 aromatic heterocycles. The Morgan fingerprint density at radius 3 is 2.29 bits per heavy atom. The first-order valence-corrected chi connectivity index (χ1v) is 5.99. The van der Waals surface area contributed by atoms with Crippen molar-refractivity contribution < 1.29 is 4.79 Å². The van der Waals surface area contributed by atoms with Crippen LogP contribution in [0.4, 0.5) is 0 Å². The van der Waals surface area contributed by atoms with Gasteiger partial charge in [-0.3, -0.25) is 9.69 Å². The molecule has 3 rings (SSSR count). The summed E-state index contributed by atoms with van der Waals surface area (Å²) >= 11 is 0. The molecule has 78 valence electrons. The van der Waals surface area contributed by atoms with E-state index in [1.165, 1.54) is 32.1 Å². The third-order valence-electron chi connectivity index (χ3n) is 4.39. The van der Waals surface area contributed by atoms with Gasteiger partial charge in [-0.15, -0.1) is 0 Å². The monoisotopic (exact) mass is 193 g/mol. The maximum atomic E-state index is 11.5. The quantitative estimate of drug-likeness (QED) is 0.636. The van der Waals surface area contributed by atoms with E-state index >= 15 is 0 Å². The zero-order valence-corrected chi connectivity index (χ0v) is 8.96. The molecule has 0 amide bonds. The minimum Gasteiger partial charge on any atom is -0.300 e. The summed E-state index contributed by atoms with van der Waals surface area (Å²) in [5.74, 6) is 0.514. The van der Waals surface area contributed by atoms with Crippen molar-refractivity contribution in [2.24, 2.45) is 0 Å². The van der Waals surface area contributed by atoms with Crippen molar-refractivity contribution in [3.8, 4) is 0 Å². The normalized spacial score (nSPS) is 41.1. The molecule has 0 N–H and O–H groups in total. The van der Waals surface area contributed by atoms with Crippen LogP contribution in [0.15, 0.2) is 0 Å². The van der Waals surface area contributed by atoms with Gasteiger partial charge in [0.2, 0.25) is 0 Å². The average Bonchev–Trinajstić information content (AvgIpc) is 2.82. The first-order valence-electron chi connectivity index (χ1n) is 5.99. The highest BCUT2D eigenvalue weighted by Crippen LogP contribution is 2.49. The molecule has 2 atom stereocenters. The number of rotatable bonds is 1. The van der Waals surface area contributed by atoms with Gasteiger partial charge in [0.15, 0.2) is 0 Å². The zero-order chi connectivity index (χ0) is 9.76. The Kier molecular flexibility index (Phi) is 1.79. The average molecular weight is 193 g/mol. The highest BCUT2D eigenvalue weighted by Gasteiger charge is 2.52. The Balaban J connectivity index is 1.86. The van der Waals surface area contributed by atoms with Gasteiger partial charge < -0.3 is 0 Å². The zero-order valence-electron chi connectivity index (χ0n) is 8.96. The Morgan fingerprint density at radius 2 is 1.79 bits per heavy atom. The third kappa shape index (κ3) is 1.23. The number of nitrogens with zero attached hydrogens (tertiary/aromatic N) is 1. The van der Waals surface area contributed by atoms with Gasteiger partial charge in [-0.05, 0) is 32.6 Å². The topological polar surface area (TPSA) is 20.3 Å². The van der Waals surface area contributed by atoms with E-state index < -0.39 is 0 Å². The fraction of sp³-hybridized carbons (Fsp3) is 0.917. The van der Waals surface area contributed by atoms with E-state index in [0.717, 1.165) is 12.8 Å². The van der Waals surface area contributed by atoms with Gasteiger partial charge in [0.05, 0.1) is 0 Å². The van der Waals surface area contributed by atoms with Crippen LogP contribution in [0.1, 0.15) is 51.9 Å². The van der Waals surface area contributed by atoms with Crippen molar-refractivity contribution in [2.45, 2.75) is 69.5 Å². The van der Waals surface area contributed by atoms with Crippen molar-refractivity contribution in [1.82, 2.24) is 4.90 Å². The number of fused-ring (bicyclic) bond motifs is 2. The predicted octanol–water partition coefficient (Wildman–Crippen LogP) is 2.12. The molecule has 1 saturated carbocycles. The largest absolute Gasteiger partial charge is 0.300 e. The summed E-state index contributed by atoms with van der Waals surface area (Å²) in [7, 11) is 0. The van der Waals surface area contributed by atoms with Gasteiger partial charge in [0.25, 0.3) is 0 Å². The number of carbonyl (C=O) groups excluding carboxylic acids is 1. The number of hydrogen-bond donors (Lipinski definition) is 0. The molecule has 1 aliphatic carbocycles. The molecule has 0 radical (unpaired) electrons. The van der Waals surface area contributed by atoms with Crippen LogP contribution in [0.3, 0.4) is 0 Å². The maximum Gasteiger partial charge on any atom is 0.136 e. The van der Waals surface area contributed by atoms with Gasteiger partial charge in [-0.2, -0.15) is 0 Å². The smallest absolute Gasteiger partial charge is 0.136 e. The van der Waals surface area contributed by atoms with E-state index in [4.69, 9.17) is 0 Å². The Hall–Kier alpha value is -0.370. The molecule has 14 heavy (non-hydrogen) atoms. The lowest BCUT2D eigenvalue weighted by atomic mass is 9.82. The van der Waals surface area contributed by atoms with Gasteiger partial charge in [-0.25, -0.2) is 0 Å². The lowest BCUT2D eigenvalue weighted by Crippen LogP contribution is -2.56. The maximum absolute atomic E-state index is 11.5. The second-order valence-corrected chi connectivity index (χ2v) is 5.59. The summed E-state index contributed by atoms with van der Waals surface area (Å²) in [6.45, 7) is 2.38. The second-order valence-electron chi connectivity index (χ2n) is 5.59. The van der Waals surface area contributed by atoms with E-state index in [9.17, 15) is 4.79 Å². The molecule has 3 aliphatic rings. The fourth-order valence-electron chi connectivity index (χ4n) is 3.50. The van der Waals surface area contributed by atoms with Crippen molar-refractivity contribution in [1.29, 1.82) is 0 Å². The summed E-state index contributed by atoms with van der Waals surface area (Å²) in [5, 5.41) is 0. The number of carbonyl (C=O) groups is 1. The van der Waals surface area contributed by atoms with E-state index in [1.807, 2.05) is 0 Å². The van der Waals surface area contributed by atoms with Crippen molar-refractivity contribution in [3.05, 3.63) is 0 Å². The lowest BCUT2D eigenvalue weighted by Gasteiger charge is -2.49. The van der Waals surface area contributed by atoms with E-state index in [0.29, 0.717) is 23.4 Å². The number of ketones is 1. The molecular weight excluding hydrogens is 174 g/mol. The summed E-state index contributed by atoms with van der Waals surface area (Å²) in [6.07, 6.45) is 8.26. The van der Waals surface area contributed by atoms with Gasteiger partial charge >= 0.3 is 0 Å². The van der Waals surface area contributed by atoms with Crippen LogP contribution in [0.25, 0.3) is 0 Å². The minimum absolute atomic E-state index is 0.483. The first kappa shape index (κ1) is 8.90. The number of piperidine rings is 2. The van der Waals surface area contributed by atoms with Crippen LogP contribution in [-0.2, 0) is 4.79 Å². The molecule has 2 unspecified atom stereocenters. The SMILES string of the molecule is CC1(N2C3CCCC2CC(=O)C3)CC1. The highest BCUT2D eigenvalue weighted by molar-refractivity contribution is 5.80. The van der Waals surface area contributed by atoms with Crippen LogP contribution < -0.4 is 0 Å². The van der Waals surface area contributed by atoms with Gasteiger partial charge in [0, 0.05) is 30.5 Å². The standard InChI is InChI=1S/C12H19NO/c1-12(5-6-12)13-9-3-2-4-10(13)8-11(14)7-9/h9-10H,2-8H2,1H3. The van der Waals surface area contributed by atoms with E-state index in [-0.39, 0.29) is 0 Å². The lowest BCUT2D eigenvalue weighted by molar-refractivity contribution is -0.129.